The third-order valence-corrected chi connectivity index (χ3v) is 6.77. The minimum absolute atomic E-state index is 0.156. The van der Waals surface area contributed by atoms with Gasteiger partial charge in [-0.2, -0.15) is 0 Å². The van der Waals surface area contributed by atoms with Crippen LogP contribution >= 0.6 is 0 Å². The van der Waals surface area contributed by atoms with Gasteiger partial charge in [0.25, 0.3) is 0 Å². The quantitative estimate of drug-likeness (QED) is 0.338. The van der Waals surface area contributed by atoms with E-state index in [4.69, 9.17) is 9.47 Å². The molecule has 8 nitrogen and oxygen atoms in total. The van der Waals surface area contributed by atoms with Crippen molar-refractivity contribution in [2.45, 2.75) is 31.5 Å². The number of hydrogen-bond donors (Lipinski definition) is 4. The molecule has 1 aromatic heterocycles. The Hall–Kier alpha value is -4.30. The molecule has 182 valence electrons. The predicted octanol–water partition coefficient (Wildman–Crippen LogP) is 3.28. The summed E-state index contributed by atoms with van der Waals surface area (Å²) in [5.74, 6) is 0.717. The van der Waals surface area contributed by atoms with Crippen molar-refractivity contribution < 1.29 is 19.1 Å². The van der Waals surface area contributed by atoms with Crippen LogP contribution in [-0.4, -0.2) is 35.7 Å². The molecule has 0 saturated heterocycles. The van der Waals surface area contributed by atoms with E-state index in [1.54, 1.807) is 18.2 Å². The van der Waals surface area contributed by atoms with Gasteiger partial charge in [-0.05, 0) is 41.3 Å². The van der Waals surface area contributed by atoms with Crippen LogP contribution in [0, 0.1) is 0 Å². The molecule has 2 aliphatic rings. The fourth-order valence-corrected chi connectivity index (χ4v) is 4.85. The van der Waals surface area contributed by atoms with Gasteiger partial charge in [0.1, 0.15) is 6.04 Å². The molecule has 0 spiro atoms. The number of H-pyrrole nitrogens is 1. The van der Waals surface area contributed by atoms with Gasteiger partial charge in [-0.3, -0.25) is 9.59 Å². The largest absolute Gasteiger partial charge is 0.454 e. The number of nitrogens with one attached hydrogen (secondary N) is 4. The van der Waals surface area contributed by atoms with Crippen molar-refractivity contribution in [2.24, 2.45) is 0 Å². The first-order chi connectivity index (χ1) is 17.6. The molecule has 8 heteroatoms. The highest BCUT2D eigenvalue weighted by Crippen LogP contribution is 2.34. The van der Waals surface area contributed by atoms with Crippen LogP contribution in [0.5, 0.6) is 11.5 Å². The van der Waals surface area contributed by atoms with E-state index in [0.717, 1.165) is 22.0 Å². The monoisotopic (exact) mass is 482 g/mol. The molecule has 36 heavy (non-hydrogen) atoms. The fourth-order valence-electron chi connectivity index (χ4n) is 4.85. The van der Waals surface area contributed by atoms with E-state index in [-0.39, 0.29) is 18.6 Å². The number of ether oxygens (including phenoxy) is 2. The normalized spacial score (nSPS) is 16.8. The van der Waals surface area contributed by atoms with E-state index in [1.165, 1.54) is 5.56 Å². The lowest BCUT2D eigenvalue weighted by atomic mass is 9.95. The van der Waals surface area contributed by atoms with E-state index >= 15 is 0 Å². The highest BCUT2D eigenvalue weighted by atomic mass is 16.7. The Morgan fingerprint density at radius 3 is 2.69 bits per heavy atom. The Morgan fingerprint density at radius 2 is 1.78 bits per heavy atom. The van der Waals surface area contributed by atoms with Crippen molar-refractivity contribution in [1.82, 2.24) is 15.6 Å². The number of rotatable bonds is 6. The number of fused-ring (bicyclic) bond motifs is 3. The SMILES string of the molecule is O=C(N[C@@H](Cc1c[nH]c2ccccc12)C(=O)Nc1ccc2c(c1)OCO2)[C@@H]1Cc2ccccc2CN1. The summed E-state index contributed by atoms with van der Waals surface area (Å²) >= 11 is 0. The lowest BCUT2D eigenvalue weighted by molar-refractivity contribution is -0.128. The van der Waals surface area contributed by atoms with E-state index in [9.17, 15) is 9.59 Å². The Balaban J connectivity index is 1.23. The molecule has 2 aliphatic heterocycles. The highest BCUT2D eigenvalue weighted by molar-refractivity contribution is 5.99. The second-order valence-corrected chi connectivity index (χ2v) is 9.09. The predicted molar refractivity (Wildman–Crippen MR) is 136 cm³/mol. The standard InChI is InChI=1S/C28H26N4O4/c33-27(23-11-17-5-1-2-6-18(17)14-30-23)32-24(12-19-15-29-22-8-4-3-7-21(19)22)28(34)31-20-9-10-25-26(13-20)36-16-35-25/h1-10,13,15,23-24,29-30H,11-12,14,16H2,(H,31,34)(H,32,33)/t23-,24-/m0/s1. The van der Waals surface area contributed by atoms with Crippen molar-refractivity contribution in [3.05, 3.63) is 89.6 Å². The Kier molecular flexibility index (Phi) is 5.79. The summed E-state index contributed by atoms with van der Waals surface area (Å²) in [7, 11) is 0. The van der Waals surface area contributed by atoms with Crippen LogP contribution in [0.25, 0.3) is 10.9 Å². The third-order valence-electron chi connectivity index (χ3n) is 6.77. The maximum Gasteiger partial charge on any atom is 0.247 e. The average Bonchev–Trinajstić information content (AvgIpc) is 3.54. The van der Waals surface area contributed by atoms with Gasteiger partial charge in [0.15, 0.2) is 11.5 Å². The van der Waals surface area contributed by atoms with Gasteiger partial charge < -0.3 is 30.4 Å². The number of carbonyl (C=O) groups excluding carboxylic acids is 2. The molecule has 3 heterocycles. The Morgan fingerprint density at radius 1 is 0.972 bits per heavy atom. The molecule has 0 bridgehead atoms. The van der Waals surface area contributed by atoms with Gasteiger partial charge in [0.2, 0.25) is 18.6 Å². The molecule has 0 fully saturated rings. The van der Waals surface area contributed by atoms with Crippen LogP contribution in [0.15, 0.2) is 72.9 Å². The number of para-hydroxylation sites is 1. The number of anilines is 1. The molecular formula is C28H26N4O4. The first-order valence-corrected chi connectivity index (χ1v) is 12.0. The topological polar surface area (TPSA) is 104 Å². The van der Waals surface area contributed by atoms with E-state index < -0.39 is 12.1 Å². The summed E-state index contributed by atoms with van der Waals surface area (Å²) < 4.78 is 10.8. The minimum Gasteiger partial charge on any atom is -0.454 e. The first kappa shape index (κ1) is 22.2. The zero-order valence-electron chi connectivity index (χ0n) is 19.5. The van der Waals surface area contributed by atoms with Gasteiger partial charge in [0.05, 0.1) is 6.04 Å². The number of aromatic nitrogens is 1. The van der Waals surface area contributed by atoms with Crippen LogP contribution in [0.4, 0.5) is 5.69 Å². The van der Waals surface area contributed by atoms with Crippen molar-refractivity contribution in [2.75, 3.05) is 12.1 Å². The van der Waals surface area contributed by atoms with E-state index in [2.05, 4.69) is 27.0 Å². The molecular weight excluding hydrogens is 456 g/mol. The molecule has 0 aliphatic carbocycles. The van der Waals surface area contributed by atoms with Crippen LogP contribution in [0.2, 0.25) is 0 Å². The van der Waals surface area contributed by atoms with Crippen LogP contribution in [0.3, 0.4) is 0 Å². The van der Waals surface area contributed by atoms with Crippen LogP contribution < -0.4 is 25.4 Å². The van der Waals surface area contributed by atoms with E-state index in [0.29, 0.717) is 36.6 Å². The van der Waals surface area contributed by atoms with Gasteiger partial charge in [0, 0.05) is 41.8 Å². The summed E-state index contributed by atoms with van der Waals surface area (Å²) in [5, 5.41) is 10.3. The highest BCUT2D eigenvalue weighted by Gasteiger charge is 2.29. The maximum absolute atomic E-state index is 13.5. The number of benzene rings is 3. The summed E-state index contributed by atoms with van der Waals surface area (Å²) in [6.45, 7) is 0.772. The first-order valence-electron chi connectivity index (χ1n) is 12.0. The minimum atomic E-state index is -0.777. The van der Waals surface area contributed by atoms with Crippen LogP contribution in [-0.2, 0) is 29.0 Å². The second kappa shape index (κ2) is 9.39. The lowest BCUT2D eigenvalue weighted by Crippen LogP contribution is -2.53. The Labute approximate surface area is 208 Å². The summed E-state index contributed by atoms with van der Waals surface area (Å²) in [6, 6.07) is 20.1. The van der Waals surface area contributed by atoms with Gasteiger partial charge >= 0.3 is 0 Å². The van der Waals surface area contributed by atoms with Gasteiger partial charge in [-0.25, -0.2) is 0 Å². The smallest absolute Gasteiger partial charge is 0.247 e. The maximum atomic E-state index is 13.5. The molecule has 2 atom stereocenters. The Bertz CT molecular complexity index is 1450. The van der Waals surface area contributed by atoms with Crippen molar-refractivity contribution in [3.8, 4) is 11.5 Å². The van der Waals surface area contributed by atoms with Gasteiger partial charge in [-0.15, -0.1) is 0 Å². The second-order valence-electron chi connectivity index (χ2n) is 9.09. The summed E-state index contributed by atoms with van der Waals surface area (Å²) in [5.41, 5.74) is 4.86. The van der Waals surface area contributed by atoms with Gasteiger partial charge in [-0.1, -0.05) is 42.5 Å². The molecule has 4 N–H and O–H groups in total. The summed E-state index contributed by atoms with van der Waals surface area (Å²) in [6.07, 6.45) is 2.81. The molecule has 4 aromatic rings. The van der Waals surface area contributed by atoms with Crippen LogP contribution in [0.1, 0.15) is 16.7 Å². The number of aromatic amines is 1. The average molecular weight is 483 g/mol. The third kappa shape index (κ3) is 4.38. The van der Waals surface area contributed by atoms with Crippen molar-refractivity contribution >= 4 is 28.4 Å². The molecule has 6 rings (SSSR count). The zero-order valence-corrected chi connectivity index (χ0v) is 19.5. The fraction of sp³-hybridized carbons (Fsp3) is 0.214. The molecule has 0 radical (unpaired) electrons. The molecule has 2 amide bonds. The molecule has 0 unspecified atom stereocenters. The number of amides is 2. The van der Waals surface area contributed by atoms with E-state index in [1.807, 2.05) is 48.7 Å². The summed E-state index contributed by atoms with van der Waals surface area (Å²) in [4.78, 5) is 30.0. The number of carbonyl (C=O) groups is 2. The van der Waals surface area contributed by atoms with Crippen molar-refractivity contribution in [3.63, 3.8) is 0 Å². The zero-order chi connectivity index (χ0) is 24.5. The van der Waals surface area contributed by atoms with Crippen molar-refractivity contribution in [1.29, 1.82) is 0 Å². The molecule has 3 aromatic carbocycles. The molecule has 0 saturated carbocycles. The number of hydrogen-bond acceptors (Lipinski definition) is 5. The lowest BCUT2D eigenvalue weighted by Gasteiger charge is -2.27.